The van der Waals surface area contributed by atoms with Crippen molar-refractivity contribution in [2.45, 2.75) is 118 Å². The molecule has 0 spiro atoms. The van der Waals surface area contributed by atoms with Gasteiger partial charge in [0.05, 0.1) is 17.6 Å². The van der Waals surface area contributed by atoms with Crippen molar-refractivity contribution in [1.82, 2.24) is 0 Å². The maximum absolute atomic E-state index is 12.8. The van der Waals surface area contributed by atoms with Gasteiger partial charge in [-0.1, -0.05) is 60.1 Å². The summed E-state index contributed by atoms with van der Waals surface area (Å²) in [5.41, 5.74) is 0.754. The van der Waals surface area contributed by atoms with E-state index >= 15 is 0 Å². The molecule has 0 saturated heterocycles. The number of carbonyl (C=O) groups is 1. The minimum Gasteiger partial charge on any atom is -0.481 e. The Labute approximate surface area is 206 Å². The Morgan fingerprint density at radius 1 is 0.882 bits per heavy atom. The highest BCUT2D eigenvalue weighted by Crippen LogP contribution is 2.75. The molecule has 5 rings (SSSR count). The van der Waals surface area contributed by atoms with Crippen molar-refractivity contribution in [3.8, 4) is 0 Å². The third kappa shape index (κ3) is 2.88. The van der Waals surface area contributed by atoms with Gasteiger partial charge in [0.15, 0.2) is 0 Å². The number of aliphatic hydroxyl groups excluding tert-OH is 2. The van der Waals surface area contributed by atoms with Gasteiger partial charge in [0, 0.05) is 0 Å². The Morgan fingerprint density at radius 2 is 1.53 bits per heavy atom. The van der Waals surface area contributed by atoms with Crippen LogP contribution in [0.5, 0.6) is 0 Å². The molecule has 4 heteroatoms. The van der Waals surface area contributed by atoms with Crippen molar-refractivity contribution in [3.05, 3.63) is 11.6 Å². The number of aliphatic carboxylic acids is 1. The summed E-state index contributed by atoms with van der Waals surface area (Å²) in [5, 5.41) is 32.4. The molecule has 4 nitrogen and oxygen atoms in total. The van der Waals surface area contributed by atoms with E-state index in [2.05, 4.69) is 54.5 Å². The van der Waals surface area contributed by atoms with Crippen LogP contribution in [0.4, 0.5) is 0 Å². The number of allylic oxidation sites excluding steroid dienone is 2. The van der Waals surface area contributed by atoms with Gasteiger partial charge in [0.1, 0.15) is 0 Å². The Hall–Kier alpha value is -0.870. The van der Waals surface area contributed by atoms with Crippen molar-refractivity contribution < 1.29 is 20.1 Å². The smallest absolute Gasteiger partial charge is 0.310 e. The van der Waals surface area contributed by atoms with E-state index in [0.29, 0.717) is 18.3 Å². The van der Waals surface area contributed by atoms with Gasteiger partial charge in [0.2, 0.25) is 0 Å². The fourth-order valence-corrected chi connectivity index (χ4v) is 10.8. The predicted molar refractivity (Wildman–Crippen MR) is 134 cm³/mol. The summed E-state index contributed by atoms with van der Waals surface area (Å²) >= 11 is 0. The Morgan fingerprint density at radius 3 is 2.18 bits per heavy atom. The second-order valence-electron chi connectivity index (χ2n) is 15.2. The third-order valence-electron chi connectivity index (χ3n) is 13.0. The number of hydrogen-bond acceptors (Lipinski definition) is 3. The maximum Gasteiger partial charge on any atom is 0.310 e. The number of carboxylic acid groups (broad SMARTS) is 1. The lowest BCUT2D eigenvalue weighted by molar-refractivity contribution is -0.231. The second kappa shape index (κ2) is 7.12. The first kappa shape index (κ1) is 24.8. The third-order valence-corrected chi connectivity index (χ3v) is 13.0. The molecule has 4 saturated carbocycles. The van der Waals surface area contributed by atoms with Gasteiger partial charge < -0.3 is 15.3 Å². The molecule has 5 aliphatic carbocycles. The summed E-state index contributed by atoms with van der Waals surface area (Å²) < 4.78 is 0. The number of hydrogen-bond donors (Lipinski definition) is 3. The van der Waals surface area contributed by atoms with Crippen molar-refractivity contribution in [2.75, 3.05) is 0 Å². The molecule has 2 unspecified atom stereocenters. The lowest BCUT2D eigenvalue weighted by Crippen LogP contribution is -2.67. The molecule has 0 amide bonds. The first-order chi connectivity index (χ1) is 15.6. The van der Waals surface area contributed by atoms with E-state index in [1.54, 1.807) is 0 Å². The molecule has 0 aromatic rings. The molecular weight excluding hydrogens is 424 g/mol. The van der Waals surface area contributed by atoms with Gasteiger partial charge in [-0.05, 0) is 103 Å². The first-order valence-electron chi connectivity index (χ1n) is 13.9. The van der Waals surface area contributed by atoms with Crippen LogP contribution in [0.15, 0.2) is 11.6 Å². The van der Waals surface area contributed by atoms with Crippen LogP contribution in [0.3, 0.4) is 0 Å². The quantitative estimate of drug-likeness (QED) is 0.397. The second-order valence-corrected chi connectivity index (χ2v) is 15.2. The van der Waals surface area contributed by atoms with E-state index in [4.69, 9.17) is 0 Å². The molecule has 0 bridgehead atoms. The zero-order valence-electron chi connectivity index (χ0n) is 22.6. The molecule has 0 radical (unpaired) electrons. The highest BCUT2D eigenvalue weighted by atomic mass is 16.4. The van der Waals surface area contributed by atoms with E-state index in [1.807, 2.05) is 0 Å². The van der Waals surface area contributed by atoms with Gasteiger partial charge in [-0.25, -0.2) is 0 Å². The average Bonchev–Trinajstić information content (AvgIpc) is 2.72. The van der Waals surface area contributed by atoms with Crippen molar-refractivity contribution in [1.29, 1.82) is 0 Å². The highest BCUT2D eigenvalue weighted by molar-refractivity contribution is 5.76. The summed E-state index contributed by atoms with van der Waals surface area (Å²) in [6.45, 7) is 16.3. The molecule has 0 heterocycles. The van der Waals surface area contributed by atoms with Crippen LogP contribution in [0.1, 0.15) is 106 Å². The van der Waals surface area contributed by atoms with E-state index in [9.17, 15) is 20.1 Å². The van der Waals surface area contributed by atoms with Crippen LogP contribution >= 0.6 is 0 Å². The monoisotopic (exact) mass is 472 g/mol. The zero-order valence-corrected chi connectivity index (χ0v) is 22.6. The van der Waals surface area contributed by atoms with Crippen molar-refractivity contribution in [2.24, 2.45) is 50.2 Å². The lowest BCUT2D eigenvalue weighted by Gasteiger charge is -2.71. The zero-order chi connectivity index (χ0) is 25.1. The number of aliphatic hydroxyl groups is 2. The molecule has 5 aliphatic rings. The topological polar surface area (TPSA) is 77.8 Å². The SMILES string of the molecule is CC1(C)CC[C@]2(C(=O)O)CC[C@]3(C)C(=CC[C@@H]4[C@@]5(C)CC(O)C(O)C(C)(C)[C@@H]5CC[C@]43C)[C@@H]2C1. The molecule has 9 atom stereocenters. The van der Waals surface area contributed by atoms with Crippen LogP contribution in [0.2, 0.25) is 0 Å². The van der Waals surface area contributed by atoms with Gasteiger partial charge in [-0.15, -0.1) is 0 Å². The standard InChI is InChI=1S/C30H48O4/c1-25(2)12-14-30(24(33)34)15-13-28(6)18(19(30)16-25)8-9-22-27(5)17-20(31)23(32)26(3,4)21(27)10-11-29(22,28)7/h8,19-23,31-32H,9-17H2,1-7H3,(H,33,34)/t19-,20?,21-,22+,23?,27-,28+,29+,30-/m0/s1. The van der Waals surface area contributed by atoms with Crippen LogP contribution < -0.4 is 0 Å². The number of carboxylic acids is 1. The minimum atomic E-state index is -0.679. The number of fused-ring (bicyclic) bond motifs is 7. The lowest BCUT2D eigenvalue weighted by atomic mass is 9.33. The molecule has 3 N–H and O–H groups in total. The first-order valence-corrected chi connectivity index (χ1v) is 13.9. The largest absolute Gasteiger partial charge is 0.481 e. The van der Waals surface area contributed by atoms with Gasteiger partial charge in [0.25, 0.3) is 0 Å². The van der Waals surface area contributed by atoms with E-state index in [1.165, 1.54) is 5.57 Å². The Bertz CT molecular complexity index is 919. The van der Waals surface area contributed by atoms with Crippen LogP contribution in [-0.2, 0) is 4.79 Å². The molecular formula is C30H48O4. The summed E-state index contributed by atoms with van der Waals surface area (Å²) in [7, 11) is 0. The highest BCUT2D eigenvalue weighted by Gasteiger charge is 2.70. The average molecular weight is 473 g/mol. The molecule has 192 valence electrons. The summed E-state index contributed by atoms with van der Waals surface area (Å²) in [6, 6.07) is 0. The van der Waals surface area contributed by atoms with Crippen LogP contribution in [-0.4, -0.2) is 33.5 Å². The molecule has 0 aliphatic heterocycles. The van der Waals surface area contributed by atoms with E-state index in [-0.39, 0.29) is 33.0 Å². The van der Waals surface area contributed by atoms with E-state index < -0.39 is 23.6 Å². The minimum absolute atomic E-state index is 0.00785. The maximum atomic E-state index is 12.8. The Kier molecular flexibility index (Phi) is 5.20. The molecule has 34 heavy (non-hydrogen) atoms. The predicted octanol–water partition coefficient (Wildman–Crippen LogP) is 6.20. The van der Waals surface area contributed by atoms with E-state index in [0.717, 1.165) is 51.4 Å². The van der Waals surface area contributed by atoms with Gasteiger partial charge in [-0.2, -0.15) is 0 Å². The van der Waals surface area contributed by atoms with Crippen molar-refractivity contribution in [3.63, 3.8) is 0 Å². The van der Waals surface area contributed by atoms with Crippen LogP contribution in [0, 0.1) is 50.2 Å². The summed E-state index contributed by atoms with van der Waals surface area (Å²) in [6.07, 6.45) is 9.45. The normalized spacial score (nSPS) is 53.4. The molecule has 4 fully saturated rings. The number of rotatable bonds is 1. The fraction of sp³-hybridized carbons (Fsp3) is 0.900. The molecule has 0 aromatic heterocycles. The summed E-state index contributed by atoms with van der Waals surface area (Å²) in [5.74, 6) is 0.365. The van der Waals surface area contributed by atoms with Gasteiger partial charge >= 0.3 is 5.97 Å². The van der Waals surface area contributed by atoms with Crippen molar-refractivity contribution >= 4 is 5.97 Å². The Balaban J connectivity index is 1.61. The van der Waals surface area contributed by atoms with Crippen LogP contribution in [0.25, 0.3) is 0 Å². The van der Waals surface area contributed by atoms with Gasteiger partial charge in [-0.3, -0.25) is 4.79 Å². The fourth-order valence-electron chi connectivity index (χ4n) is 10.8. The summed E-state index contributed by atoms with van der Waals surface area (Å²) in [4.78, 5) is 12.8. The molecule has 0 aromatic carbocycles.